The van der Waals surface area contributed by atoms with Gasteiger partial charge in [-0.3, -0.25) is 4.79 Å². The van der Waals surface area contributed by atoms with Crippen LogP contribution in [-0.4, -0.2) is 29.1 Å². The highest BCUT2D eigenvalue weighted by molar-refractivity contribution is 5.81. The van der Waals surface area contributed by atoms with Crippen LogP contribution >= 0.6 is 0 Å². The number of pyridine rings is 1. The number of hydrogen-bond donors (Lipinski definition) is 1. The summed E-state index contributed by atoms with van der Waals surface area (Å²) in [5.41, 5.74) is 1.12. The van der Waals surface area contributed by atoms with Crippen LogP contribution < -0.4 is 14.8 Å². The third-order valence-corrected chi connectivity index (χ3v) is 4.62. The average Bonchev–Trinajstić information content (AvgIpc) is 2.66. The van der Waals surface area contributed by atoms with Crippen LogP contribution in [0.25, 0.3) is 0 Å². The van der Waals surface area contributed by atoms with E-state index in [4.69, 9.17) is 9.47 Å². The smallest absolute Gasteiger partial charge is 0.260 e. The van der Waals surface area contributed by atoms with Crippen molar-refractivity contribution in [2.75, 3.05) is 0 Å². The molecule has 1 unspecified atom stereocenters. The lowest BCUT2D eigenvalue weighted by Gasteiger charge is -2.30. The Bertz CT molecular complexity index is 695. The molecule has 0 aliphatic heterocycles. The van der Waals surface area contributed by atoms with Crippen LogP contribution in [0.2, 0.25) is 0 Å². The molecule has 1 N–H and O–H groups in total. The largest absolute Gasteiger partial charge is 0.481 e. The highest BCUT2D eigenvalue weighted by atomic mass is 16.5. The second-order valence-corrected chi connectivity index (χ2v) is 6.85. The lowest BCUT2D eigenvalue weighted by atomic mass is 9.93. The molecule has 1 heterocycles. The van der Waals surface area contributed by atoms with E-state index in [1.54, 1.807) is 6.92 Å². The van der Waals surface area contributed by atoms with E-state index < -0.39 is 6.10 Å². The van der Waals surface area contributed by atoms with Crippen molar-refractivity contribution in [1.82, 2.24) is 10.3 Å². The summed E-state index contributed by atoms with van der Waals surface area (Å²) in [7, 11) is 0. The number of hydrogen-bond acceptors (Lipinski definition) is 4. The molecular formula is C21H26N2O3. The predicted molar refractivity (Wildman–Crippen MR) is 100 cm³/mol. The molecule has 0 spiro atoms. The number of nitrogens with zero attached hydrogens (tertiary/aromatic N) is 1. The van der Waals surface area contributed by atoms with Gasteiger partial charge in [0.05, 0.1) is 0 Å². The Morgan fingerprint density at radius 3 is 2.50 bits per heavy atom. The van der Waals surface area contributed by atoms with Crippen molar-refractivity contribution < 1.29 is 14.3 Å². The summed E-state index contributed by atoms with van der Waals surface area (Å²) in [5.74, 6) is 1.31. The summed E-state index contributed by atoms with van der Waals surface area (Å²) < 4.78 is 11.6. The number of carbonyl (C=O) groups is 1. The molecule has 5 nitrogen and oxygen atoms in total. The number of ether oxygens (including phenoxy) is 2. The average molecular weight is 354 g/mol. The Morgan fingerprint density at radius 1 is 1.12 bits per heavy atom. The van der Waals surface area contributed by atoms with Crippen molar-refractivity contribution in [2.24, 2.45) is 0 Å². The number of para-hydroxylation sites is 1. The maximum atomic E-state index is 12.3. The fraction of sp³-hybridized carbons (Fsp3) is 0.429. The maximum absolute atomic E-state index is 12.3. The summed E-state index contributed by atoms with van der Waals surface area (Å²) in [4.78, 5) is 16.6. The molecule has 138 valence electrons. The van der Waals surface area contributed by atoms with Crippen molar-refractivity contribution in [2.45, 2.75) is 57.8 Å². The summed E-state index contributed by atoms with van der Waals surface area (Å²) in [6, 6.07) is 13.5. The van der Waals surface area contributed by atoms with Crippen molar-refractivity contribution >= 4 is 5.91 Å². The second kappa shape index (κ2) is 8.70. The van der Waals surface area contributed by atoms with Gasteiger partial charge in [0.15, 0.2) is 6.10 Å². The maximum Gasteiger partial charge on any atom is 0.260 e. The van der Waals surface area contributed by atoms with Crippen LogP contribution in [0.4, 0.5) is 0 Å². The normalized spacial score (nSPS) is 20.8. The molecule has 0 bridgehead atoms. The van der Waals surface area contributed by atoms with Gasteiger partial charge >= 0.3 is 0 Å². The first-order chi connectivity index (χ1) is 12.6. The fourth-order valence-electron chi connectivity index (χ4n) is 3.09. The van der Waals surface area contributed by atoms with Gasteiger partial charge in [-0.05, 0) is 57.2 Å². The Hall–Kier alpha value is -2.56. The van der Waals surface area contributed by atoms with E-state index in [1.165, 1.54) is 0 Å². The SMILES string of the molecule is Cc1ccc(OC2CCC(NC(=O)C(C)Oc3ccccc3)CC2)nc1. The summed E-state index contributed by atoms with van der Waals surface area (Å²) >= 11 is 0. The molecule has 5 heteroatoms. The van der Waals surface area contributed by atoms with Crippen LogP contribution in [0, 0.1) is 6.92 Å². The van der Waals surface area contributed by atoms with Crippen LogP contribution in [0.5, 0.6) is 11.6 Å². The van der Waals surface area contributed by atoms with Gasteiger partial charge in [-0.25, -0.2) is 4.98 Å². The molecule has 2 aromatic rings. The van der Waals surface area contributed by atoms with Gasteiger partial charge in [-0.1, -0.05) is 24.3 Å². The van der Waals surface area contributed by atoms with E-state index in [9.17, 15) is 4.79 Å². The summed E-state index contributed by atoms with van der Waals surface area (Å²) in [6.07, 6.45) is 5.10. The van der Waals surface area contributed by atoms with E-state index >= 15 is 0 Å². The van der Waals surface area contributed by atoms with Crippen molar-refractivity contribution in [3.05, 3.63) is 54.2 Å². The third kappa shape index (κ3) is 5.22. The molecule has 1 fully saturated rings. The van der Waals surface area contributed by atoms with E-state index in [2.05, 4.69) is 10.3 Å². The number of benzene rings is 1. The van der Waals surface area contributed by atoms with Gasteiger partial charge in [-0.15, -0.1) is 0 Å². The highest BCUT2D eigenvalue weighted by Gasteiger charge is 2.25. The minimum Gasteiger partial charge on any atom is -0.481 e. The Balaban J connectivity index is 1.41. The van der Waals surface area contributed by atoms with Gasteiger partial charge in [0.2, 0.25) is 5.88 Å². The fourth-order valence-corrected chi connectivity index (χ4v) is 3.09. The van der Waals surface area contributed by atoms with Crippen molar-refractivity contribution in [3.8, 4) is 11.6 Å². The first kappa shape index (κ1) is 18.2. The highest BCUT2D eigenvalue weighted by Crippen LogP contribution is 2.23. The molecule has 1 aromatic heterocycles. The molecule has 3 rings (SSSR count). The molecule has 1 aliphatic carbocycles. The Morgan fingerprint density at radius 2 is 1.85 bits per heavy atom. The van der Waals surface area contributed by atoms with Crippen molar-refractivity contribution in [3.63, 3.8) is 0 Å². The summed E-state index contributed by atoms with van der Waals surface area (Å²) in [5, 5.41) is 3.10. The quantitative estimate of drug-likeness (QED) is 0.860. The Kier molecular flexibility index (Phi) is 6.10. The minimum absolute atomic E-state index is 0.0709. The van der Waals surface area contributed by atoms with Crippen LogP contribution in [0.15, 0.2) is 48.7 Å². The number of carbonyl (C=O) groups excluding carboxylic acids is 1. The molecule has 0 radical (unpaired) electrons. The van der Waals surface area contributed by atoms with E-state index in [-0.39, 0.29) is 18.1 Å². The van der Waals surface area contributed by atoms with E-state index in [1.807, 2.05) is 55.6 Å². The van der Waals surface area contributed by atoms with Gasteiger partial charge in [0, 0.05) is 18.3 Å². The monoisotopic (exact) mass is 354 g/mol. The van der Waals surface area contributed by atoms with E-state index in [0.717, 1.165) is 31.2 Å². The molecule has 0 saturated heterocycles. The molecular weight excluding hydrogens is 328 g/mol. The molecule has 1 atom stereocenters. The van der Waals surface area contributed by atoms with Gasteiger partial charge in [-0.2, -0.15) is 0 Å². The number of amides is 1. The van der Waals surface area contributed by atoms with Crippen LogP contribution in [0.3, 0.4) is 0 Å². The minimum atomic E-state index is -0.511. The van der Waals surface area contributed by atoms with Gasteiger partial charge < -0.3 is 14.8 Å². The standard InChI is InChI=1S/C21H26N2O3/c1-15-8-13-20(22-14-15)26-19-11-9-17(10-12-19)23-21(24)16(2)25-18-6-4-3-5-7-18/h3-8,13-14,16-17,19H,9-12H2,1-2H3,(H,23,24). The zero-order valence-electron chi connectivity index (χ0n) is 15.4. The molecule has 1 amide bonds. The number of aromatic nitrogens is 1. The molecule has 1 aromatic carbocycles. The molecule has 26 heavy (non-hydrogen) atoms. The zero-order chi connectivity index (χ0) is 18.4. The van der Waals surface area contributed by atoms with Gasteiger partial charge in [0.1, 0.15) is 11.9 Å². The predicted octanol–water partition coefficient (Wildman–Crippen LogP) is 3.66. The lowest BCUT2D eigenvalue weighted by molar-refractivity contribution is -0.128. The molecule has 1 aliphatic rings. The number of aryl methyl sites for hydroxylation is 1. The first-order valence-corrected chi connectivity index (χ1v) is 9.21. The lowest BCUT2D eigenvalue weighted by Crippen LogP contribution is -2.45. The number of rotatable bonds is 6. The molecule has 1 saturated carbocycles. The van der Waals surface area contributed by atoms with Gasteiger partial charge in [0.25, 0.3) is 5.91 Å². The number of nitrogens with one attached hydrogen (secondary N) is 1. The van der Waals surface area contributed by atoms with Crippen LogP contribution in [0.1, 0.15) is 38.2 Å². The summed E-state index contributed by atoms with van der Waals surface area (Å²) in [6.45, 7) is 3.79. The first-order valence-electron chi connectivity index (χ1n) is 9.21. The van der Waals surface area contributed by atoms with Crippen LogP contribution in [-0.2, 0) is 4.79 Å². The zero-order valence-corrected chi connectivity index (χ0v) is 15.4. The second-order valence-electron chi connectivity index (χ2n) is 6.85. The topological polar surface area (TPSA) is 60.5 Å². The van der Waals surface area contributed by atoms with Crippen molar-refractivity contribution in [1.29, 1.82) is 0 Å². The third-order valence-electron chi connectivity index (χ3n) is 4.62. The Labute approximate surface area is 154 Å². The van der Waals surface area contributed by atoms with E-state index in [0.29, 0.717) is 11.6 Å².